The zero-order chi connectivity index (χ0) is 23.3. The third-order valence-corrected chi connectivity index (χ3v) is 7.57. The smallest absolute Gasteiger partial charge is 0.274 e. The number of hydrogen-bond donors (Lipinski definition) is 1. The summed E-state index contributed by atoms with van der Waals surface area (Å²) in [6.07, 6.45) is 7.42. The highest BCUT2D eigenvalue weighted by molar-refractivity contribution is 14.1. The van der Waals surface area contributed by atoms with Crippen molar-refractivity contribution in [2.75, 3.05) is 23.3 Å². The van der Waals surface area contributed by atoms with Gasteiger partial charge in [-0.2, -0.15) is 0 Å². The summed E-state index contributed by atoms with van der Waals surface area (Å²) < 4.78 is 6.65. The molecule has 0 spiro atoms. The number of halogens is 1. The molecule has 1 N–H and O–H groups in total. The standard InChI is InChI=1S/C23H27IN4O3S/c1-5-7-17(25-6-2)21(30)26-18-13-20-19(12-16(18)23(3,4)31-24)27-22(32-20)28-10-8-15(14-29)9-11-28/h5-7,12-15H,1,8-11H2,2-4H3,(H,26,30)/b17-7-,25-6-. The van der Waals surface area contributed by atoms with Crippen molar-refractivity contribution < 1.29 is 12.7 Å². The van der Waals surface area contributed by atoms with Gasteiger partial charge >= 0.3 is 0 Å². The average Bonchev–Trinajstić information content (AvgIpc) is 3.21. The van der Waals surface area contributed by atoms with Crippen LogP contribution in [0, 0.1) is 5.92 Å². The minimum absolute atomic E-state index is 0.138. The number of carbonyl (C=O) groups excluding carboxylic acids is 2. The van der Waals surface area contributed by atoms with Gasteiger partial charge in [0, 0.05) is 36.5 Å². The minimum atomic E-state index is -0.653. The molecule has 3 rings (SSSR count). The van der Waals surface area contributed by atoms with Crippen molar-refractivity contribution in [2.24, 2.45) is 10.9 Å². The third-order valence-electron chi connectivity index (χ3n) is 5.39. The Morgan fingerprint density at radius 2 is 2.12 bits per heavy atom. The van der Waals surface area contributed by atoms with Gasteiger partial charge in [-0.05, 0) is 51.8 Å². The Kier molecular flexibility index (Phi) is 8.18. The van der Waals surface area contributed by atoms with Gasteiger partial charge in [-0.25, -0.2) is 4.98 Å². The van der Waals surface area contributed by atoms with Crippen LogP contribution >= 0.6 is 34.3 Å². The molecule has 1 aliphatic heterocycles. The Balaban J connectivity index is 2.00. The first-order valence-corrected chi connectivity index (χ1v) is 12.1. The predicted molar refractivity (Wildman–Crippen MR) is 140 cm³/mol. The second-order valence-electron chi connectivity index (χ2n) is 8.04. The van der Waals surface area contributed by atoms with Crippen LogP contribution in [0.2, 0.25) is 0 Å². The van der Waals surface area contributed by atoms with Crippen molar-refractivity contribution in [1.82, 2.24) is 4.98 Å². The third kappa shape index (κ3) is 5.44. The van der Waals surface area contributed by atoms with Gasteiger partial charge in [0.05, 0.1) is 10.2 Å². The van der Waals surface area contributed by atoms with E-state index in [0.29, 0.717) is 5.69 Å². The number of nitrogens with zero attached hydrogens (tertiary/aromatic N) is 3. The summed E-state index contributed by atoms with van der Waals surface area (Å²) in [6, 6.07) is 3.92. The SMILES string of the molecule is C=C/C=C(\N=C/C)C(=O)Nc1cc2sc(N3CCC(C=O)CC3)nc2cc1C(C)(C)OI. The van der Waals surface area contributed by atoms with Crippen LogP contribution in [0.5, 0.6) is 0 Å². The molecule has 170 valence electrons. The molecule has 2 aromatic rings. The van der Waals surface area contributed by atoms with E-state index < -0.39 is 5.60 Å². The molecule has 32 heavy (non-hydrogen) atoms. The summed E-state index contributed by atoms with van der Waals surface area (Å²) in [5.74, 6) is -0.187. The van der Waals surface area contributed by atoms with Crippen LogP contribution in [-0.2, 0) is 18.3 Å². The Bertz CT molecular complexity index is 1070. The van der Waals surface area contributed by atoms with Gasteiger partial charge in [0.25, 0.3) is 5.91 Å². The molecule has 0 saturated carbocycles. The van der Waals surface area contributed by atoms with E-state index in [1.54, 1.807) is 30.6 Å². The summed E-state index contributed by atoms with van der Waals surface area (Å²) in [4.78, 5) is 35.2. The summed E-state index contributed by atoms with van der Waals surface area (Å²) in [6.45, 7) is 10.9. The van der Waals surface area contributed by atoms with Crippen LogP contribution in [0.25, 0.3) is 10.2 Å². The molecule has 0 atom stereocenters. The van der Waals surface area contributed by atoms with Crippen molar-refractivity contribution in [2.45, 2.75) is 39.2 Å². The predicted octanol–water partition coefficient (Wildman–Crippen LogP) is 5.41. The van der Waals surface area contributed by atoms with Crippen molar-refractivity contribution in [3.8, 4) is 0 Å². The number of aldehydes is 1. The number of aromatic nitrogens is 1. The van der Waals surface area contributed by atoms with E-state index in [1.165, 1.54) is 6.08 Å². The molecular formula is C23H27IN4O3S. The van der Waals surface area contributed by atoms with Crippen molar-refractivity contribution in [3.05, 3.63) is 42.1 Å². The van der Waals surface area contributed by atoms with Crippen LogP contribution < -0.4 is 10.2 Å². The van der Waals surface area contributed by atoms with Crippen LogP contribution in [0.15, 0.2) is 41.6 Å². The lowest BCUT2D eigenvalue weighted by atomic mass is 9.96. The first kappa shape index (κ1) is 24.5. The topological polar surface area (TPSA) is 83.9 Å². The van der Waals surface area contributed by atoms with Crippen molar-refractivity contribution >= 4 is 73.8 Å². The van der Waals surface area contributed by atoms with E-state index in [1.807, 2.05) is 49.0 Å². The van der Waals surface area contributed by atoms with E-state index >= 15 is 0 Å². The largest absolute Gasteiger partial charge is 0.348 e. The van der Waals surface area contributed by atoms with E-state index in [0.717, 1.165) is 53.1 Å². The van der Waals surface area contributed by atoms with Gasteiger partial charge in [0.15, 0.2) is 5.13 Å². The highest BCUT2D eigenvalue weighted by atomic mass is 127. The van der Waals surface area contributed by atoms with Crippen molar-refractivity contribution in [3.63, 3.8) is 0 Å². The minimum Gasteiger partial charge on any atom is -0.348 e. The van der Waals surface area contributed by atoms with Crippen LogP contribution in [0.1, 0.15) is 39.2 Å². The normalized spacial score (nSPS) is 16.0. The molecule has 7 nitrogen and oxygen atoms in total. The molecule has 0 bridgehead atoms. The van der Waals surface area contributed by atoms with E-state index in [9.17, 15) is 9.59 Å². The van der Waals surface area contributed by atoms with E-state index in [2.05, 4.69) is 21.8 Å². The maximum Gasteiger partial charge on any atom is 0.274 e. The number of hydrogen-bond acceptors (Lipinski definition) is 7. The fourth-order valence-electron chi connectivity index (χ4n) is 3.58. The lowest BCUT2D eigenvalue weighted by Crippen LogP contribution is -2.33. The average molecular weight is 566 g/mol. The number of benzene rings is 1. The molecule has 1 saturated heterocycles. The van der Waals surface area contributed by atoms with Crippen LogP contribution in [-0.4, -0.2) is 36.5 Å². The molecule has 0 aliphatic carbocycles. The Morgan fingerprint density at radius 3 is 2.72 bits per heavy atom. The van der Waals surface area contributed by atoms with Gasteiger partial charge in [0.1, 0.15) is 40.6 Å². The molecule has 0 unspecified atom stereocenters. The monoisotopic (exact) mass is 566 g/mol. The first-order valence-electron chi connectivity index (χ1n) is 10.4. The second kappa shape index (κ2) is 10.7. The number of aliphatic imine (C=N–C) groups is 1. The number of piperidine rings is 1. The summed E-state index contributed by atoms with van der Waals surface area (Å²) in [7, 11) is 0. The number of allylic oxidation sites excluding steroid dienone is 2. The first-order chi connectivity index (χ1) is 15.3. The van der Waals surface area contributed by atoms with Gasteiger partial charge < -0.3 is 18.1 Å². The molecule has 1 aromatic heterocycles. The molecule has 2 heterocycles. The quantitative estimate of drug-likeness (QED) is 0.152. The number of fused-ring (bicyclic) bond motifs is 1. The highest BCUT2D eigenvalue weighted by Gasteiger charge is 2.28. The number of anilines is 2. The van der Waals surface area contributed by atoms with E-state index in [-0.39, 0.29) is 17.5 Å². The Morgan fingerprint density at radius 1 is 1.41 bits per heavy atom. The summed E-state index contributed by atoms with van der Waals surface area (Å²) in [5, 5.41) is 3.92. The Hall–Kier alpha value is -2.11. The highest BCUT2D eigenvalue weighted by Crippen LogP contribution is 2.39. The lowest BCUT2D eigenvalue weighted by molar-refractivity contribution is -0.113. The molecule has 1 amide bonds. The van der Waals surface area contributed by atoms with Gasteiger partial charge in [-0.3, -0.25) is 9.79 Å². The maximum absolute atomic E-state index is 12.9. The summed E-state index contributed by atoms with van der Waals surface area (Å²) >= 11 is 3.46. The van der Waals surface area contributed by atoms with Crippen molar-refractivity contribution in [1.29, 1.82) is 0 Å². The summed E-state index contributed by atoms with van der Waals surface area (Å²) in [5.41, 5.74) is 1.94. The molecule has 1 aliphatic rings. The second-order valence-corrected chi connectivity index (χ2v) is 9.49. The maximum atomic E-state index is 12.9. The molecule has 9 heteroatoms. The fraction of sp³-hybridized carbons (Fsp3) is 0.391. The molecule has 1 fully saturated rings. The van der Waals surface area contributed by atoms with Gasteiger partial charge in [-0.1, -0.05) is 24.0 Å². The molecule has 1 aromatic carbocycles. The zero-order valence-electron chi connectivity index (χ0n) is 18.4. The number of carbonyl (C=O) groups is 2. The molecular weight excluding hydrogens is 539 g/mol. The number of nitrogens with one attached hydrogen (secondary N) is 1. The number of amides is 1. The fourth-order valence-corrected chi connectivity index (χ4v) is 4.86. The van der Waals surface area contributed by atoms with E-state index in [4.69, 9.17) is 8.05 Å². The van der Waals surface area contributed by atoms with Gasteiger partial charge in [-0.15, -0.1) is 0 Å². The van der Waals surface area contributed by atoms with Gasteiger partial charge in [0.2, 0.25) is 0 Å². The number of rotatable bonds is 8. The number of thiazole rings is 1. The van der Waals surface area contributed by atoms with Crippen LogP contribution in [0.4, 0.5) is 10.8 Å². The lowest BCUT2D eigenvalue weighted by Gasteiger charge is -2.29. The van der Waals surface area contributed by atoms with Crippen LogP contribution in [0.3, 0.4) is 0 Å². The zero-order valence-corrected chi connectivity index (χ0v) is 21.4. The molecule has 0 radical (unpaired) electrons. The Labute approximate surface area is 206 Å².